The third kappa shape index (κ3) is 4.74. The molecule has 0 aliphatic carbocycles. The fraction of sp³-hybridized carbons (Fsp3) is 0.500. The summed E-state index contributed by atoms with van der Waals surface area (Å²) in [6.45, 7) is 1.69. The van der Waals surface area contributed by atoms with Gasteiger partial charge < -0.3 is 25.7 Å². The van der Waals surface area contributed by atoms with Gasteiger partial charge >= 0.3 is 0 Å². The van der Waals surface area contributed by atoms with Crippen molar-refractivity contribution in [3.63, 3.8) is 0 Å². The van der Waals surface area contributed by atoms with Crippen LogP contribution in [0.4, 0.5) is 15.8 Å². The normalized spacial score (nSPS) is 10.7. The van der Waals surface area contributed by atoms with E-state index in [4.69, 9.17) is 37.3 Å². The van der Waals surface area contributed by atoms with Crippen molar-refractivity contribution in [1.82, 2.24) is 0 Å². The van der Waals surface area contributed by atoms with E-state index in [1.807, 2.05) is 0 Å². The minimum atomic E-state index is -0.751. The van der Waals surface area contributed by atoms with Crippen LogP contribution in [-0.4, -0.2) is 33.5 Å². The highest BCUT2D eigenvalue weighted by molar-refractivity contribution is 6.33. The quantitative estimate of drug-likeness (QED) is 0.566. The molecule has 0 radical (unpaired) electrons. The van der Waals surface area contributed by atoms with Crippen molar-refractivity contribution in [2.45, 2.75) is 6.42 Å². The van der Waals surface area contributed by atoms with Gasteiger partial charge in [0, 0.05) is 20.3 Å². The Bertz CT molecular complexity index is 418. The number of anilines is 2. The average molecular weight is 293 g/mol. The number of halogens is 2. The lowest BCUT2D eigenvalue weighted by atomic mass is 10.2. The number of benzene rings is 1. The summed E-state index contributed by atoms with van der Waals surface area (Å²) in [5, 5.41) is -0.190. The first-order chi connectivity index (χ1) is 9.07. The molecule has 0 fully saturated rings. The van der Waals surface area contributed by atoms with Crippen molar-refractivity contribution in [2.24, 2.45) is 0 Å². The molecule has 0 atom stereocenters. The Morgan fingerprint density at radius 2 is 1.89 bits per heavy atom. The summed E-state index contributed by atoms with van der Waals surface area (Å²) in [5.74, 6) is -0.849. The fourth-order valence-corrected chi connectivity index (χ4v) is 1.55. The third-order valence-electron chi connectivity index (χ3n) is 2.33. The van der Waals surface area contributed by atoms with E-state index in [9.17, 15) is 4.39 Å². The molecule has 0 heterocycles. The van der Waals surface area contributed by atoms with Crippen LogP contribution in [0.3, 0.4) is 0 Å². The smallest absolute Gasteiger partial charge is 0.187 e. The molecule has 0 spiro atoms. The van der Waals surface area contributed by atoms with Crippen molar-refractivity contribution in [1.29, 1.82) is 0 Å². The third-order valence-corrected chi connectivity index (χ3v) is 2.71. The molecule has 7 heteroatoms. The molecule has 5 nitrogen and oxygen atoms in total. The Morgan fingerprint density at radius 3 is 2.58 bits per heavy atom. The van der Waals surface area contributed by atoms with Crippen LogP contribution >= 0.6 is 11.6 Å². The van der Waals surface area contributed by atoms with Gasteiger partial charge in [-0.1, -0.05) is 11.6 Å². The van der Waals surface area contributed by atoms with Crippen molar-refractivity contribution in [3.05, 3.63) is 16.9 Å². The second kappa shape index (κ2) is 8.04. The van der Waals surface area contributed by atoms with Gasteiger partial charge in [-0.2, -0.15) is 0 Å². The van der Waals surface area contributed by atoms with E-state index in [1.54, 1.807) is 7.11 Å². The summed E-state index contributed by atoms with van der Waals surface area (Å²) in [4.78, 5) is 0. The van der Waals surface area contributed by atoms with Crippen molar-refractivity contribution < 1.29 is 18.6 Å². The van der Waals surface area contributed by atoms with E-state index < -0.39 is 5.82 Å². The fourth-order valence-electron chi connectivity index (χ4n) is 1.41. The topological polar surface area (TPSA) is 79.7 Å². The largest absolute Gasteiger partial charge is 0.486 e. The lowest BCUT2D eigenvalue weighted by Crippen LogP contribution is -2.11. The summed E-state index contributed by atoms with van der Waals surface area (Å²) in [6, 6.07) is 1.36. The predicted octanol–water partition coefficient (Wildman–Crippen LogP) is 2.08. The maximum absolute atomic E-state index is 13.7. The molecule has 4 N–H and O–H groups in total. The highest BCUT2D eigenvalue weighted by Gasteiger charge is 2.15. The number of ether oxygens (including phenoxy) is 3. The molecule has 0 bridgehead atoms. The molecule has 0 saturated heterocycles. The predicted molar refractivity (Wildman–Crippen MR) is 73.0 cm³/mol. The van der Waals surface area contributed by atoms with Crippen LogP contribution in [0.25, 0.3) is 0 Å². The molecule has 1 aromatic carbocycles. The van der Waals surface area contributed by atoms with Crippen molar-refractivity contribution in [3.8, 4) is 5.75 Å². The summed E-state index contributed by atoms with van der Waals surface area (Å²) in [5.41, 5.74) is 11.3. The minimum absolute atomic E-state index is 0.0832. The van der Waals surface area contributed by atoms with Gasteiger partial charge in [-0.3, -0.25) is 0 Å². The van der Waals surface area contributed by atoms with Crippen LogP contribution in [0.1, 0.15) is 6.42 Å². The number of nitrogen functional groups attached to an aromatic ring is 2. The first kappa shape index (κ1) is 15.8. The molecule has 0 aliphatic heterocycles. The van der Waals surface area contributed by atoms with Gasteiger partial charge in [-0.25, -0.2) is 4.39 Å². The summed E-state index contributed by atoms with van der Waals surface area (Å²) < 4.78 is 29.1. The Morgan fingerprint density at radius 1 is 1.16 bits per heavy atom. The van der Waals surface area contributed by atoms with E-state index in [0.29, 0.717) is 19.8 Å². The number of hydrogen-bond donors (Lipinski definition) is 2. The standard InChI is InChI=1S/C12H18ClFN2O3/c1-17-3-2-4-18-5-6-19-12-9(16)7-8(15)10(13)11(12)14/h7H,2-6,15-16H2,1H3. The Labute approximate surface area is 116 Å². The van der Waals surface area contributed by atoms with Crippen LogP contribution in [0.5, 0.6) is 5.75 Å². The molecule has 0 unspecified atom stereocenters. The van der Waals surface area contributed by atoms with Crippen LogP contribution in [0, 0.1) is 5.82 Å². The molecule has 19 heavy (non-hydrogen) atoms. The van der Waals surface area contributed by atoms with Crippen molar-refractivity contribution in [2.75, 3.05) is 45.0 Å². The maximum atomic E-state index is 13.7. The summed E-state index contributed by atoms with van der Waals surface area (Å²) >= 11 is 5.67. The number of hydrogen-bond acceptors (Lipinski definition) is 5. The number of rotatable bonds is 8. The molecular weight excluding hydrogens is 275 g/mol. The minimum Gasteiger partial charge on any atom is -0.486 e. The number of methoxy groups -OCH3 is 1. The van der Waals surface area contributed by atoms with Gasteiger partial charge in [0.05, 0.1) is 18.0 Å². The Balaban J connectivity index is 2.39. The molecule has 1 aromatic rings. The average Bonchev–Trinajstić information content (AvgIpc) is 2.38. The van der Waals surface area contributed by atoms with Gasteiger partial charge in [-0.15, -0.1) is 0 Å². The van der Waals surface area contributed by atoms with Crippen LogP contribution < -0.4 is 16.2 Å². The van der Waals surface area contributed by atoms with Crippen LogP contribution in [-0.2, 0) is 9.47 Å². The highest BCUT2D eigenvalue weighted by Crippen LogP contribution is 2.35. The van der Waals surface area contributed by atoms with Gasteiger partial charge in [0.2, 0.25) is 0 Å². The molecule has 108 valence electrons. The lowest BCUT2D eigenvalue weighted by molar-refractivity contribution is 0.0799. The number of nitrogens with two attached hydrogens (primary N) is 2. The summed E-state index contributed by atoms with van der Waals surface area (Å²) in [6.07, 6.45) is 0.792. The Kier molecular flexibility index (Phi) is 6.69. The Hall–Kier alpha value is -1.24. The SMILES string of the molecule is COCCCOCCOc1c(N)cc(N)c(Cl)c1F. The van der Waals surface area contributed by atoms with Crippen molar-refractivity contribution >= 4 is 23.0 Å². The molecule has 0 amide bonds. The maximum Gasteiger partial charge on any atom is 0.187 e. The van der Waals surface area contributed by atoms with Crippen LogP contribution in [0.2, 0.25) is 5.02 Å². The van der Waals surface area contributed by atoms with E-state index in [-0.39, 0.29) is 28.8 Å². The summed E-state index contributed by atoms with van der Waals surface area (Å²) in [7, 11) is 1.62. The van der Waals surface area contributed by atoms with Gasteiger partial charge in [0.1, 0.15) is 11.6 Å². The van der Waals surface area contributed by atoms with E-state index in [2.05, 4.69) is 0 Å². The zero-order valence-corrected chi connectivity index (χ0v) is 11.5. The first-order valence-electron chi connectivity index (χ1n) is 5.80. The van der Waals surface area contributed by atoms with Gasteiger partial charge in [0.25, 0.3) is 0 Å². The van der Waals surface area contributed by atoms with E-state index >= 15 is 0 Å². The molecule has 0 aromatic heterocycles. The van der Waals surface area contributed by atoms with Crippen LogP contribution in [0.15, 0.2) is 6.07 Å². The monoisotopic (exact) mass is 292 g/mol. The zero-order valence-electron chi connectivity index (χ0n) is 10.7. The van der Waals surface area contributed by atoms with Gasteiger partial charge in [0.15, 0.2) is 11.6 Å². The van der Waals surface area contributed by atoms with E-state index in [0.717, 1.165) is 6.42 Å². The molecule has 0 saturated carbocycles. The lowest BCUT2D eigenvalue weighted by Gasteiger charge is -2.12. The van der Waals surface area contributed by atoms with E-state index in [1.165, 1.54) is 6.07 Å². The molecular formula is C12H18ClFN2O3. The molecule has 0 aliphatic rings. The zero-order chi connectivity index (χ0) is 14.3. The first-order valence-corrected chi connectivity index (χ1v) is 6.18. The second-order valence-corrected chi connectivity index (χ2v) is 4.20. The van der Waals surface area contributed by atoms with Gasteiger partial charge in [-0.05, 0) is 12.5 Å². The second-order valence-electron chi connectivity index (χ2n) is 3.82. The highest BCUT2D eigenvalue weighted by atomic mass is 35.5. The molecule has 1 rings (SSSR count).